The van der Waals surface area contributed by atoms with Gasteiger partial charge in [-0.2, -0.15) is 0 Å². The highest BCUT2D eigenvalue weighted by molar-refractivity contribution is 8.34. The molecule has 0 spiro atoms. The molecule has 5 heterocycles. The highest BCUT2D eigenvalue weighted by Gasteiger charge is 2.24. The van der Waals surface area contributed by atoms with E-state index >= 15 is 0 Å². The average molecular weight is 1480 g/mol. The van der Waals surface area contributed by atoms with Gasteiger partial charge in [-0.25, -0.2) is 0 Å². The molecular weight excluding hydrogens is 1390 g/mol. The largest absolute Gasteiger partial charge is 0.491 e. The Balaban J connectivity index is 0.611. The smallest absolute Gasteiger partial charge is 0.127 e. The van der Waals surface area contributed by atoms with Crippen LogP contribution < -0.4 is 18.9 Å². The molecule has 28 heteroatoms. The fraction of sp³-hybridized carbons (Fsp3) is 0.529. The van der Waals surface area contributed by atoms with Gasteiger partial charge in [0.25, 0.3) is 0 Å². The Morgan fingerprint density at radius 3 is 0.542 bits per heavy atom. The van der Waals surface area contributed by atoms with Crippen LogP contribution in [0.1, 0.15) is 0 Å². The fourth-order valence-electron chi connectivity index (χ4n) is 8.94. The first kappa shape index (κ1) is 77.4. The number of fused-ring (bicyclic) bond motifs is 8. The molecule has 20 nitrogen and oxygen atoms in total. The third-order valence-corrected chi connectivity index (χ3v) is 24.1. The van der Waals surface area contributed by atoms with Crippen LogP contribution >= 0.6 is 94.1 Å². The van der Waals surface area contributed by atoms with Crippen LogP contribution in [0.4, 0.5) is 0 Å². The normalized spacial score (nSPS) is 23.3. The second kappa shape index (κ2) is 48.9. The zero-order chi connectivity index (χ0) is 65.8. The second-order valence-electron chi connectivity index (χ2n) is 20.5. The quantitative estimate of drug-likeness (QED) is 0.162. The number of hydrogen-bond donors (Lipinski definition) is 0. The molecule has 16 bridgehead atoms. The summed E-state index contributed by atoms with van der Waals surface area (Å²) < 4.78 is 122. The molecule has 4 aromatic carbocycles. The van der Waals surface area contributed by atoms with E-state index in [0.717, 1.165) is 44.5 Å². The number of ether oxygens (including phenoxy) is 20. The van der Waals surface area contributed by atoms with Gasteiger partial charge in [0.2, 0.25) is 0 Å². The highest BCUT2D eigenvalue weighted by atomic mass is 32.2. The molecule has 0 radical (unpaired) electrons. The van der Waals surface area contributed by atoms with Crippen molar-refractivity contribution in [3.63, 3.8) is 0 Å². The third kappa shape index (κ3) is 30.0. The number of rotatable bonds is 0. The van der Waals surface area contributed by atoms with E-state index in [4.69, 9.17) is 94.7 Å². The van der Waals surface area contributed by atoms with Crippen molar-refractivity contribution in [3.8, 4) is 23.0 Å². The van der Waals surface area contributed by atoms with Gasteiger partial charge >= 0.3 is 0 Å². The lowest BCUT2D eigenvalue weighted by Crippen LogP contribution is -2.14. The number of hydrogen-bond acceptors (Lipinski definition) is 28. The first-order valence-corrected chi connectivity index (χ1v) is 38.9. The Labute approximate surface area is 597 Å². The summed E-state index contributed by atoms with van der Waals surface area (Å²) in [6, 6.07) is 23.8. The van der Waals surface area contributed by atoms with Gasteiger partial charge in [-0.3, -0.25) is 0 Å². The first-order valence-electron chi connectivity index (χ1n) is 32.1. The van der Waals surface area contributed by atoms with E-state index in [1.807, 2.05) is 72.8 Å². The monoisotopic (exact) mass is 1480 g/mol. The van der Waals surface area contributed by atoms with Crippen LogP contribution in [-0.4, -0.2) is 238 Å². The summed E-state index contributed by atoms with van der Waals surface area (Å²) in [5.74, 6) is 3.08. The fourth-order valence-corrected chi connectivity index (χ4v) is 18.5. The average Bonchev–Trinajstić information content (AvgIpc) is 2.11. The van der Waals surface area contributed by atoms with Gasteiger partial charge < -0.3 is 94.7 Å². The van der Waals surface area contributed by atoms with Crippen molar-refractivity contribution < 1.29 is 94.7 Å². The molecule has 528 valence electrons. The topological polar surface area (TPSA) is 185 Å². The van der Waals surface area contributed by atoms with Crippen LogP contribution in [0.2, 0.25) is 0 Å². The van der Waals surface area contributed by atoms with Crippen molar-refractivity contribution in [1.29, 1.82) is 0 Å². The predicted octanol–water partition coefficient (Wildman–Crippen LogP) is 13.0. The van der Waals surface area contributed by atoms with Crippen LogP contribution in [0.3, 0.4) is 0 Å². The molecule has 0 saturated heterocycles. The van der Waals surface area contributed by atoms with Crippen LogP contribution in [-0.2, 0) is 75.8 Å². The zero-order valence-corrected chi connectivity index (χ0v) is 60.7. The molecule has 0 fully saturated rings. The van der Waals surface area contributed by atoms with E-state index in [-0.39, 0.29) is 0 Å². The zero-order valence-electron chi connectivity index (χ0n) is 54.1. The van der Waals surface area contributed by atoms with Gasteiger partial charge in [0.1, 0.15) is 49.4 Å². The molecule has 0 atom stereocenters. The van der Waals surface area contributed by atoms with E-state index in [9.17, 15) is 0 Å². The Morgan fingerprint density at radius 2 is 0.354 bits per heavy atom. The summed E-state index contributed by atoms with van der Waals surface area (Å²) in [5.41, 5.74) is 0. The standard InChI is InChI=1S/C68H88O20S8/c1-5-57-58-6-2-10-62(57)86-42-38-78-26-22-70-14-18-74-30-34-82-46-54-50-90-67(94-54)68-92-52-56(96-68)48-84-36-32-76-20-16-72-24-28-80-40-44-88-64-12-4-7-59-60(64)8-3-11-63(59)87-43-39-79-27-23-71-15-19-75-31-35-83-47-55-51-91-66(95-55)65-89-49-53(93-65)45-81-33-29-73-17-13-69-21-25-77-37-41-85-61(58)9-1/h1-12,49-52H,13-48H2/b66-65-,68-67-. The second-order valence-corrected chi connectivity index (χ2v) is 29.6. The molecule has 5 aliphatic heterocycles. The van der Waals surface area contributed by atoms with Crippen molar-refractivity contribution in [1.82, 2.24) is 0 Å². The van der Waals surface area contributed by atoms with E-state index in [1.165, 1.54) is 36.6 Å². The maximum atomic E-state index is 6.12. The molecular formula is C68H88O20S8. The summed E-state index contributed by atoms with van der Waals surface area (Å²) in [6.07, 6.45) is 0. The third-order valence-electron chi connectivity index (χ3n) is 13.5. The molecule has 0 N–H and O–H groups in total. The van der Waals surface area contributed by atoms with Gasteiger partial charge in [0, 0.05) is 41.2 Å². The van der Waals surface area contributed by atoms with E-state index in [0.29, 0.717) is 238 Å². The SMILES string of the molecule is C1=C2COCCOCCOCCOCCOc3cccc4c(cccc34)OCCOCCOCCOCCOCC3=CS/C(=C4\SC=C(COCCOCCOCCOCCOc5cccc6c(cccc56)OCCOCCOCCOCCOCC5=CS/C(=C(\S1)S2)S5)S4)S3. The van der Waals surface area contributed by atoms with Crippen molar-refractivity contribution in [2.75, 3.05) is 238 Å². The van der Waals surface area contributed by atoms with E-state index < -0.39 is 0 Å². The lowest BCUT2D eigenvalue weighted by molar-refractivity contribution is -0.00234. The van der Waals surface area contributed by atoms with Crippen molar-refractivity contribution in [2.24, 2.45) is 0 Å². The van der Waals surface area contributed by atoms with Crippen molar-refractivity contribution >= 4 is 116 Å². The molecule has 0 amide bonds. The van der Waals surface area contributed by atoms with E-state index in [1.54, 1.807) is 94.1 Å². The van der Waals surface area contributed by atoms with Gasteiger partial charge in [-0.05, 0) is 45.9 Å². The van der Waals surface area contributed by atoms with Crippen molar-refractivity contribution in [2.45, 2.75) is 0 Å². The minimum atomic E-state index is 0.405. The molecule has 0 saturated carbocycles. The summed E-state index contributed by atoms with van der Waals surface area (Å²) in [5, 5.41) is 12.5. The van der Waals surface area contributed by atoms with Crippen LogP contribution in [0, 0.1) is 0 Å². The van der Waals surface area contributed by atoms with Crippen LogP contribution in [0.25, 0.3) is 21.5 Å². The minimum absolute atomic E-state index is 0.405. The summed E-state index contributed by atoms with van der Waals surface area (Å²) >= 11 is 14.0. The van der Waals surface area contributed by atoms with Crippen LogP contribution in [0.5, 0.6) is 23.0 Å². The predicted molar refractivity (Wildman–Crippen MR) is 390 cm³/mol. The van der Waals surface area contributed by atoms with Gasteiger partial charge in [-0.15, -0.1) is 0 Å². The lowest BCUT2D eigenvalue weighted by Gasteiger charge is -2.13. The molecule has 0 aromatic heterocycles. The molecule has 96 heavy (non-hydrogen) atoms. The maximum Gasteiger partial charge on any atom is 0.127 e. The summed E-state index contributed by atoms with van der Waals surface area (Å²) in [7, 11) is 0. The van der Waals surface area contributed by atoms with E-state index in [2.05, 4.69) is 21.6 Å². The first-order chi connectivity index (χ1) is 47.7. The van der Waals surface area contributed by atoms with Gasteiger partial charge in [-0.1, -0.05) is 143 Å². The number of benzene rings is 4. The highest BCUT2D eigenvalue weighted by Crippen LogP contribution is 2.56. The Bertz CT molecular complexity index is 2680. The summed E-state index contributed by atoms with van der Waals surface area (Å²) in [4.78, 5) is 4.75. The maximum absolute atomic E-state index is 6.12. The molecule has 9 rings (SSSR count). The Kier molecular flexibility index (Phi) is 39.4. The van der Waals surface area contributed by atoms with Crippen LogP contribution in [0.15, 0.2) is 131 Å². The van der Waals surface area contributed by atoms with Gasteiger partial charge in [0.05, 0.1) is 228 Å². The molecule has 0 aliphatic carbocycles. The summed E-state index contributed by atoms with van der Waals surface area (Å²) in [6.45, 7) is 17.2. The minimum Gasteiger partial charge on any atom is -0.491 e. The molecule has 5 aliphatic rings. The van der Waals surface area contributed by atoms with Crippen molar-refractivity contribution in [3.05, 3.63) is 131 Å². The molecule has 0 unspecified atom stereocenters. The van der Waals surface area contributed by atoms with Gasteiger partial charge in [0.15, 0.2) is 0 Å². The molecule has 4 aromatic rings. The Morgan fingerprint density at radius 1 is 0.188 bits per heavy atom. The number of thioether (sulfide) groups is 8. The Hall–Kier alpha value is -2.80. The lowest BCUT2D eigenvalue weighted by atomic mass is 10.1.